The third-order valence-electron chi connectivity index (χ3n) is 8.13. The number of carbonyl (C=O) groups excluding carboxylic acids is 4. The third kappa shape index (κ3) is 9.22. The van der Waals surface area contributed by atoms with E-state index < -0.39 is 18.0 Å². The van der Waals surface area contributed by atoms with E-state index in [2.05, 4.69) is 44.9 Å². The van der Waals surface area contributed by atoms with E-state index in [1.807, 2.05) is 52.8 Å². The Labute approximate surface area is 284 Å². The van der Waals surface area contributed by atoms with Crippen LogP contribution in [0.15, 0.2) is 30.5 Å². The number of aromatic nitrogens is 5. The number of hydrogen-bond acceptors (Lipinski definition) is 10. The molecule has 0 saturated carbocycles. The number of aromatic amines is 1. The number of benzene rings is 1. The number of hydrogen-bond donors (Lipinski definition) is 5. The molecule has 3 aromatic heterocycles. The number of aryl methyl sites for hydroxylation is 2. The second-order valence-corrected chi connectivity index (χ2v) is 12.6. The number of ether oxygens (including phenoxy) is 1. The summed E-state index contributed by atoms with van der Waals surface area (Å²) in [4.78, 5) is 60.4. The number of carbonyl (C=O) groups is 4. The summed E-state index contributed by atoms with van der Waals surface area (Å²) < 4.78 is 9.61. The first-order valence-corrected chi connectivity index (χ1v) is 16.4. The van der Waals surface area contributed by atoms with Gasteiger partial charge in [0, 0.05) is 56.5 Å². The molecule has 6 N–H and O–H groups in total. The maximum absolute atomic E-state index is 13.2. The number of rotatable bonds is 10. The van der Waals surface area contributed by atoms with Crippen molar-refractivity contribution in [1.82, 2.24) is 40.4 Å². The maximum Gasteiger partial charge on any atom is 0.407 e. The molecule has 1 aliphatic heterocycles. The smallest absolute Gasteiger partial charge is 0.407 e. The lowest BCUT2D eigenvalue weighted by molar-refractivity contribution is -0.676. The van der Waals surface area contributed by atoms with Gasteiger partial charge in [-0.1, -0.05) is 0 Å². The highest BCUT2D eigenvalue weighted by Crippen LogP contribution is 2.19. The first-order valence-electron chi connectivity index (χ1n) is 16.4. The molecule has 0 spiro atoms. The number of H-pyrrole nitrogens is 1. The van der Waals surface area contributed by atoms with E-state index in [4.69, 9.17) is 20.4 Å². The number of nitrogens with zero attached hydrogens (tertiary/aromatic N) is 5. The van der Waals surface area contributed by atoms with Crippen molar-refractivity contribution in [2.24, 2.45) is 0 Å². The minimum Gasteiger partial charge on any atom is -0.554 e. The van der Waals surface area contributed by atoms with Crippen LogP contribution < -0.4 is 31.4 Å². The first kappa shape index (κ1) is 36.6. The van der Waals surface area contributed by atoms with Crippen LogP contribution in [0.2, 0.25) is 0 Å². The molecular formula is C33H46N10O6. The molecule has 0 radical (unpaired) electrons. The number of fused-ring (bicyclic) bond motifs is 2. The van der Waals surface area contributed by atoms with Gasteiger partial charge in [0.15, 0.2) is 28.2 Å². The SMILES string of the molecule is CCn1c(CNC(=O)c2nc3cc[nH]c3nc2N)[n+](CC)c2ccc(C(=O)NCCN3CCC(NC(=O)OC(C)(C)C)CC3)cc21.O=C[O-]. The quantitative estimate of drug-likeness (QED) is 0.118. The lowest BCUT2D eigenvalue weighted by Gasteiger charge is -2.32. The number of carboxylic acid groups (broad SMARTS) is 1. The van der Waals surface area contributed by atoms with Crippen LogP contribution in [-0.2, 0) is 29.2 Å². The van der Waals surface area contributed by atoms with Gasteiger partial charge in [0.25, 0.3) is 17.6 Å². The van der Waals surface area contributed by atoms with E-state index in [-0.39, 0.29) is 36.1 Å². The van der Waals surface area contributed by atoms with Gasteiger partial charge in [0.2, 0.25) is 0 Å². The molecule has 5 rings (SSSR count). The summed E-state index contributed by atoms with van der Waals surface area (Å²) in [5.74, 6) is 0.401. The summed E-state index contributed by atoms with van der Waals surface area (Å²) in [5, 5.41) is 17.2. The molecule has 1 aliphatic rings. The minimum atomic E-state index is -0.519. The Morgan fingerprint density at radius 3 is 2.49 bits per heavy atom. The standard InChI is InChI=1S/C32H44N10O4.CH2O2/c1-6-41-23-9-8-20(29(43)35-14-17-40-15-11-21(12-16-40)37-31(45)46-32(3,4)5)18-24(23)42(7-2)25(41)19-36-30(44)26-27(33)39-28-22(38-26)10-13-34-28;2-1-3/h8-10,13,18,21H,6-7,11-12,14-17,19H2,1-5H3,(H5-,33,34,35,36,37,38,39,43,44,45);1H,(H,2,3). The highest BCUT2D eigenvalue weighted by molar-refractivity contribution is 5.98. The molecule has 1 saturated heterocycles. The van der Waals surface area contributed by atoms with Crippen molar-refractivity contribution in [3.63, 3.8) is 0 Å². The van der Waals surface area contributed by atoms with Crippen LogP contribution in [0.5, 0.6) is 0 Å². The number of imidazole rings is 1. The molecule has 0 atom stereocenters. The first-order chi connectivity index (χ1) is 23.4. The van der Waals surface area contributed by atoms with Gasteiger partial charge in [-0.15, -0.1) is 0 Å². The van der Waals surface area contributed by atoms with Crippen molar-refractivity contribution in [1.29, 1.82) is 0 Å². The molecule has 16 heteroatoms. The van der Waals surface area contributed by atoms with Crippen LogP contribution in [0, 0.1) is 0 Å². The third-order valence-corrected chi connectivity index (χ3v) is 8.13. The number of alkyl carbamates (subject to hydrolysis) is 1. The normalized spacial score (nSPS) is 13.8. The number of piperidine rings is 1. The number of likely N-dealkylation sites (tertiary alicyclic amines) is 1. The summed E-state index contributed by atoms with van der Waals surface area (Å²) in [6, 6.07) is 7.53. The molecule has 264 valence electrons. The van der Waals surface area contributed by atoms with E-state index >= 15 is 0 Å². The fraction of sp³-hybridized carbons (Fsp3) is 0.485. The Hall–Kier alpha value is -5.25. The Bertz CT molecular complexity index is 1790. The average molecular weight is 679 g/mol. The zero-order valence-electron chi connectivity index (χ0n) is 28.7. The predicted molar refractivity (Wildman–Crippen MR) is 180 cm³/mol. The van der Waals surface area contributed by atoms with Crippen molar-refractivity contribution in [3.05, 3.63) is 47.5 Å². The summed E-state index contributed by atoms with van der Waals surface area (Å²) in [6.45, 7) is 13.6. The minimum absolute atomic E-state index is 0.0576. The molecule has 16 nitrogen and oxygen atoms in total. The second kappa shape index (κ2) is 16.2. The Balaban J connectivity index is 0.00000174. The van der Waals surface area contributed by atoms with Gasteiger partial charge in [-0.3, -0.25) is 9.59 Å². The summed E-state index contributed by atoms with van der Waals surface area (Å²) in [6.07, 6.45) is 2.99. The van der Waals surface area contributed by atoms with Gasteiger partial charge in [0.05, 0.1) is 13.1 Å². The zero-order chi connectivity index (χ0) is 35.7. The lowest BCUT2D eigenvalue weighted by atomic mass is 10.1. The predicted octanol–water partition coefficient (Wildman–Crippen LogP) is 0.837. The molecule has 49 heavy (non-hydrogen) atoms. The highest BCUT2D eigenvalue weighted by Gasteiger charge is 2.27. The fourth-order valence-corrected chi connectivity index (χ4v) is 5.93. The second-order valence-electron chi connectivity index (χ2n) is 12.6. The largest absolute Gasteiger partial charge is 0.554 e. The number of nitrogens with two attached hydrogens (primary N) is 1. The average Bonchev–Trinajstić information content (AvgIpc) is 3.63. The number of anilines is 1. The highest BCUT2D eigenvalue weighted by atomic mass is 16.6. The number of nitrogen functional groups attached to an aromatic ring is 1. The lowest BCUT2D eigenvalue weighted by Crippen LogP contribution is -2.47. The van der Waals surface area contributed by atoms with E-state index in [1.54, 1.807) is 12.3 Å². The van der Waals surface area contributed by atoms with Crippen molar-refractivity contribution in [2.45, 2.75) is 78.7 Å². The Kier molecular flexibility index (Phi) is 12.1. The molecule has 4 heterocycles. The van der Waals surface area contributed by atoms with Crippen molar-refractivity contribution in [3.8, 4) is 0 Å². The van der Waals surface area contributed by atoms with E-state index in [9.17, 15) is 14.4 Å². The number of nitrogens with one attached hydrogen (secondary N) is 4. The van der Waals surface area contributed by atoms with E-state index in [0.717, 1.165) is 49.3 Å². The Morgan fingerprint density at radius 2 is 1.84 bits per heavy atom. The maximum atomic E-state index is 13.2. The van der Waals surface area contributed by atoms with Crippen LogP contribution in [-0.4, -0.2) is 86.6 Å². The van der Waals surface area contributed by atoms with Crippen LogP contribution in [0.3, 0.4) is 0 Å². The van der Waals surface area contributed by atoms with Crippen LogP contribution in [0.25, 0.3) is 22.2 Å². The molecule has 0 aliphatic carbocycles. The summed E-state index contributed by atoms with van der Waals surface area (Å²) >= 11 is 0. The Morgan fingerprint density at radius 1 is 1.12 bits per heavy atom. The van der Waals surface area contributed by atoms with Crippen molar-refractivity contribution in [2.75, 3.05) is 31.9 Å². The van der Waals surface area contributed by atoms with Gasteiger partial charge in [-0.25, -0.2) is 23.9 Å². The van der Waals surface area contributed by atoms with Crippen molar-refractivity contribution < 1.29 is 33.6 Å². The monoisotopic (exact) mass is 678 g/mol. The zero-order valence-corrected chi connectivity index (χ0v) is 28.7. The summed E-state index contributed by atoms with van der Waals surface area (Å²) in [7, 11) is 0. The van der Waals surface area contributed by atoms with Gasteiger partial charge in [-0.2, -0.15) is 0 Å². The molecule has 4 aromatic rings. The van der Waals surface area contributed by atoms with E-state index in [0.29, 0.717) is 36.4 Å². The number of amides is 3. The van der Waals surface area contributed by atoms with Crippen LogP contribution in [0.1, 0.15) is 74.1 Å². The molecule has 3 amide bonds. The molecule has 0 bridgehead atoms. The molecule has 1 aromatic carbocycles. The summed E-state index contributed by atoms with van der Waals surface area (Å²) in [5.41, 5.74) is 9.13. The molecule has 0 unspecified atom stereocenters. The van der Waals surface area contributed by atoms with E-state index in [1.165, 1.54) is 0 Å². The fourth-order valence-electron chi connectivity index (χ4n) is 5.93. The van der Waals surface area contributed by atoms with Gasteiger partial charge in [0.1, 0.15) is 17.7 Å². The van der Waals surface area contributed by atoms with Crippen LogP contribution >= 0.6 is 0 Å². The van der Waals surface area contributed by atoms with Gasteiger partial charge >= 0.3 is 6.09 Å². The van der Waals surface area contributed by atoms with Gasteiger partial charge in [-0.05, 0) is 65.7 Å². The van der Waals surface area contributed by atoms with Crippen LogP contribution in [0.4, 0.5) is 10.6 Å². The van der Waals surface area contributed by atoms with Crippen molar-refractivity contribution >= 4 is 52.4 Å². The topological polar surface area (TPSA) is 216 Å². The van der Waals surface area contributed by atoms with Gasteiger partial charge < -0.3 is 46.2 Å². The molecular weight excluding hydrogens is 632 g/mol. The molecule has 1 fully saturated rings.